The minimum atomic E-state index is 0.0512. The highest BCUT2D eigenvalue weighted by Crippen LogP contribution is 2.21. The SMILES string of the molecule is O=c1ccccn1CCCCNc1nccc2occc12. The van der Waals surface area contributed by atoms with Crippen LogP contribution in [0.1, 0.15) is 12.8 Å². The molecule has 5 heteroatoms. The van der Waals surface area contributed by atoms with Gasteiger partial charge in [0.05, 0.1) is 11.6 Å². The predicted molar refractivity (Wildman–Crippen MR) is 82.4 cm³/mol. The van der Waals surface area contributed by atoms with Gasteiger partial charge in [0.1, 0.15) is 11.4 Å². The molecule has 3 rings (SSSR count). The Morgan fingerprint density at radius 2 is 2.14 bits per heavy atom. The van der Waals surface area contributed by atoms with E-state index in [1.807, 2.05) is 24.4 Å². The molecule has 0 aromatic carbocycles. The van der Waals surface area contributed by atoms with Crippen LogP contribution in [0.15, 0.2) is 58.2 Å². The van der Waals surface area contributed by atoms with Gasteiger partial charge in [-0.1, -0.05) is 6.07 Å². The van der Waals surface area contributed by atoms with E-state index < -0.39 is 0 Å². The molecule has 0 aliphatic heterocycles. The van der Waals surface area contributed by atoms with Crippen LogP contribution in [0.2, 0.25) is 0 Å². The Balaban J connectivity index is 1.50. The zero-order chi connectivity index (χ0) is 14.5. The lowest BCUT2D eigenvalue weighted by molar-refractivity contribution is 0.604. The van der Waals surface area contributed by atoms with Crippen molar-refractivity contribution in [2.45, 2.75) is 19.4 Å². The van der Waals surface area contributed by atoms with E-state index in [0.717, 1.165) is 42.7 Å². The topological polar surface area (TPSA) is 60.1 Å². The summed E-state index contributed by atoms with van der Waals surface area (Å²) in [5, 5.41) is 4.31. The summed E-state index contributed by atoms with van der Waals surface area (Å²) in [5.41, 5.74) is 0.888. The van der Waals surface area contributed by atoms with Crippen molar-refractivity contribution < 1.29 is 4.42 Å². The number of furan rings is 1. The first-order chi connectivity index (χ1) is 10.3. The molecule has 0 radical (unpaired) electrons. The van der Waals surface area contributed by atoms with Gasteiger partial charge in [-0.2, -0.15) is 0 Å². The molecular formula is C16H17N3O2. The zero-order valence-electron chi connectivity index (χ0n) is 11.7. The summed E-state index contributed by atoms with van der Waals surface area (Å²) in [6.45, 7) is 1.56. The van der Waals surface area contributed by atoms with Gasteiger partial charge >= 0.3 is 0 Å². The molecule has 3 heterocycles. The number of aromatic nitrogens is 2. The number of hydrogen-bond acceptors (Lipinski definition) is 4. The van der Waals surface area contributed by atoms with E-state index in [9.17, 15) is 4.79 Å². The summed E-state index contributed by atoms with van der Waals surface area (Å²) >= 11 is 0. The predicted octanol–water partition coefficient (Wildman–Crippen LogP) is 2.88. The fraction of sp³-hybridized carbons (Fsp3) is 0.250. The number of nitrogens with zero attached hydrogens (tertiary/aromatic N) is 2. The Kier molecular flexibility index (Phi) is 4.00. The van der Waals surface area contributed by atoms with Crippen molar-refractivity contribution in [1.82, 2.24) is 9.55 Å². The van der Waals surface area contributed by atoms with Crippen LogP contribution in [0.5, 0.6) is 0 Å². The molecular weight excluding hydrogens is 266 g/mol. The minimum absolute atomic E-state index is 0.0512. The molecule has 0 aliphatic rings. The van der Waals surface area contributed by atoms with Crippen molar-refractivity contribution in [2.24, 2.45) is 0 Å². The highest BCUT2D eigenvalue weighted by molar-refractivity contribution is 5.87. The summed E-state index contributed by atoms with van der Waals surface area (Å²) in [4.78, 5) is 15.9. The zero-order valence-corrected chi connectivity index (χ0v) is 11.7. The summed E-state index contributed by atoms with van der Waals surface area (Å²) in [6.07, 6.45) is 7.14. The molecule has 0 atom stereocenters. The quantitative estimate of drug-likeness (QED) is 0.707. The van der Waals surface area contributed by atoms with Gasteiger partial charge in [-0.15, -0.1) is 0 Å². The fourth-order valence-electron chi connectivity index (χ4n) is 2.29. The average molecular weight is 283 g/mol. The number of hydrogen-bond donors (Lipinski definition) is 1. The first-order valence-electron chi connectivity index (χ1n) is 7.06. The van der Waals surface area contributed by atoms with Crippen LogP contribution in [0, 0.1) is 0 Å². The second-order valence-electron chi connectivity index (χ2n) is 4.86. The van der Waals surface area contributed by atoms with Gasteiger partial charge in [-0.3, -0.25) is 4.79 Å². The number of pyridine rings is 2. The lowest BCUT2D eigenvalue weighted by Gasteiger charge is -2.07. The number of aryl methyl sites for hydroxylation is 1. The molecule has 21 heavy (non-hydrogen) atoms. The van der Waals surface area contributed by atoms with Gasteiger partial charge in [0, 0.05) is 31.5 Å². The van der Waals surface area contributed by atoms with Crippen molar-refractivity contribution in [2.75, 3.05) is 11.9 Å². The smallest absolute Gasteiger partial charge is 0.250 e. The Labute approximate surface area is 122 Å². The number of nitrogens with one attached hydrogen (secondary N) is 1. The molecule has 0 saturated carbocycles. The standard InChI is InChI=1S/C16H17N3O2/c20-15-5-1-3-10-19(15)11-4-2-8-17-16-13-7-12-21-14(13)6-9-18-16/h1,3,5-7,9-10,12H,2,4,8,11H2,(H,17,18). The van der Waals surface area contributed by atoms with E-state index in [2.05, 4.69) is 10.3 Å². The third-order valence-electron chi connectivity index (χ3n) is 3.40. The van der Waals surface area contributed by atoms with Crippen LogP contribution in [0.4, 0.5) is 5.82 Å². The van der Waals surface area contributed by atoms with Crippen LogP contribution in [-0.2, 0) is 6.54 Å². The molecule has 0 spiro atoms. The maximum atomic E-state index is 11.5. The largest absolute Gasteiger partial charge is 0.464 e. The number of unbranched alkanes of at least 4 members (excludes halogenated alkanes) is 1. The van der Waals surface area contributed by atoms with Crippen molar-refractivity contribution in [3.8, 4) is 0 Å². The van der Waals surface area contributed by atoms with Crippen LogP contribution < -0.4 is 10.9 Å². The van der Waals surface area contributed by atoms with Gasteiger partial charge in [-0.25, -0.2) is 4.98 Å². The molecule has 0 aliphatic carbocycles. The van der Waals surface area contributed by atoms with Gasteiger partial charge in [-0.05, 0) is 31.0 Å². The summed E-state index contributed by atoms with van der Waals surface area (Å²) < 4.78 is 7.07. The van der Waals surface area contributed by atoms with E-state index in [1.165, 1.54) is 0 Å². The Bertz CT molecular complexity index is 776. The first kappa shape index (κ1) is 13.4. The van der Waals surface area contributed by atoms with Gasteiger partial charge in [0.15, 0.2) is 0 Å². The fourth-order valence-corrected chi connectivity index (χ4v) is 2.29. The first-order valence-corrected chi connectivity index (χ1v) is 7.06. The summed E-state index contributed by atoms with van der Waals surface area (Å²) in [7, 11) is 0. The molecule has 3 aromatic rings. The minimum Gasteiger partial charge on any atom is -0.464 e. The molecule has 3 aromatic heterocycles. The Morgan fingerprint density at radius 1 is 1.19 bits per heavy atom. The number of rotatable bonds is 6. The van der Waals surface area contributed by atoms with Crippen molar-refractivity contribution >= 4 is 16.8 Å². The molecule has 1 N–H and O–H groups in total. The van der Waals surface area contributed by atoms with Crippen LogP contribution in [0.3, 0.4) is 0 Å². The average Bonchev–Trinajstić information content (AvgIpc) is 2.98. The number of fused-ring (bicyclic) bond motifs is 1. The van der Waals surface area contributed by atoms with Gasteiger partial charge in [0.2, 0.25) is 5.56 Å². The van der Waals surface area contributed by atoms with E-state index in [-0.39, 0.29) is 5.56 Å². The van der Waals surface area contributed by atoms with Gasteiger partial charge in [0.25, 0.3) is 0 Å². The van der Waals surface area contributed by atoms with Crippen LogP contribution >= 0.6 is 0 Å². The molecule has 0 unspecified atom stereocenters. The third-order valence-corrected chi connectivity index (χ3v) is 3.40. The molecule has 0 fully saturated rings. The van der Waals surface area contributed by atoms with E-state index in [0.29, 0.717) is 0 Å². The monoisotopic (exact) mass is 283 g/mol. The third kappa shape index (κ3) is 3.13. The molecule has 0 bridgehead atoms. The second-order valence-corrected chi connectivity index (χ2v) is 4.86. The second kappa shape index (κ2) is 6.26. The van der Waals surface area contributed by atoms with Gasteiger partial charge < -0.3 is 14.3 Å². The maximum absolute atomic E-state index is 11.5. The molecule has 108 valence electrons. The van der Waals surface area contributed by atoms with Crippen molar-refractivity contribution in [1.29, 1.82) is 0 Å². The Morgan fingerprint density at radius 3 is 3.05 bits per heavy atom. The van der Waals surface area contributed by atoms with Crippen molar-refractivity contribution in [3.05, 3.63) is 59.3 Å². The van der Waals surface area contributed by atoms with E-state index in [4.69, 9.17) is 4.42 Å². The van der Waals surface area contributed by atoms with E-state index >= 15 is 0 Å². The number of anilines is 1. The van der Waals surface area contributed by atoms with E-state index in [1.54, 1.807) is 29.2 Å². The molecule has 0 saturated heterocycles. The molecule has 5 nitrogen and oxygen atoms in total. The molecule has 0 amide bonds. The lowest BCUT2D eigenvalue weighted by Crippen LogP contribution is -2.18. The maximum Gasteiger partial charge on any atom is 0.250 e. The van der Waals surface area contributed by atoms with Crippen LogP contribution in [-0.4, -0.2) is 16.1 Å². The Hall–Kier alpha value is -2.56. The highest BCUT2D eigenvalue weighted by Gasteiger charge is 2.03. The lowest BCUT2D eigenvalue weighted by atomic mass is 10.2. The van der Waals surface area contributed by atoms with Crippen molar-refractivity contribution in [3.63, 3.8) is 0 Å². The highest BCUT2D eigenvalue weighted by atomic mass is 16.3. The normalized spacial score (nSPS) is 10.9. The summed E-state index contributed by atoms with van der Waals surface area (Å²) in [5.74, 6) is 0.845. The summed E-state index contributed by atoms with van der Waals surface area (Å²) in [6, 6.07) is 8.99. The van der Waals surface area contributed by atoms with Crippen LogP contribution in [0.25, 0.3) is 11.0 Å².